The quantitative estimate of drug-likeness (QED) is 0.728. The van der Waals surface area contributed by atoms with Gasteiger partial charge in [0.15, 0.2) is 5.78 Å². The Kier molecular flexibility index (Phi) is 3.11. The van der Waals surface area contributed by atoms with Gasteiger partial charge in [-0.3, -0.25) is 4.79 Å². The number of terminal acetylenes is 1. The molecule has 96 valence electrons. The highest BCUT2D eigenvalue weighted by atomic mass is 16.1. The van der Waals surface area contributed by atoms with Crippen LogP contribution in [0.1, 0.15) is 61.4 Å². The Morgan fingerprint density at radius 2 is 2.17 bits per heavy atom. The summed E-state index contributed by atoms with van der Waals surface area (Å²) in [5, 5.41) is 0. The van der Waals surface area contributed by atoms with Crippen LogP contribution in [0.25, 0.3) is 0 Å². The van der Waals surface area contributed by atoms with Gasteiger partial charge in [-0.1, -0.05) is 26.7 Å². The molecule has 2 rings (SSSR count). The van der Waals surface area contributed by atoms with Crippen LogP contribution in [-0.4, -0.2) is 10.4 Å². The van der Waals surface area contributed by atoms with Crippen LogP contribution in [0.4, 0.5) is 0 Å². The van der Waals surface area contributed by atoms with Crippen molar-refractivity contribution in [2.75, 3.05) is 0 Å². The molecule has 1 atom stereocenters. The van der Waals surface area contributed by atoms with Crippen LogP contribution >= 0.6 is 0 Å². The second kappa shape index (κ2) is 4.31. The Hall–Kier alpha value is -1.49. The maximum Gasteiger partial charge on any atom is 0.165 e. The molecule has 0 aromatic carbocycles. The Balaban J connectivity index is 2.58. The fraction of sp³-hybridized carbons (Fsp3) is 0.562. The van der Waals surface area contributed by atoms with E-state index in [2.05, 4.69) is 31.3 Å². The molecule has 18 heavy (non-hydrogen) atoms. The summed E-state index contributed by atoms with van der Waals surface area (Å²) in [5.74, 6) is 3.10. The van der Waals surface area contributed by atoms with E-state index in [1.54, 1.807) is 0 Å². The largest absolute Gasteiger partial charge is 0.334 e. The lowest BCUT2D eigenvalue weighted by atomic mass is 9.76. The second-order valence-corrected chi connectivity index (χ2v) is 6.05. The Morgan fingerprint density at radius 3 is 2.72 bits per heavy atom. The lowest BCUT2D eigenvalue weighted by Crippen LogP contribution is -2.28. The number of fused-ring (bicyclic) bond motifs is 1. The molecule has 1 aliphatic carbocycles. The number of Topliss-reactive ketones (excluding diaryl/α,β-unsaturated/α-hetero) is 1. The minimum atomic E-state index is 0.0412. The van der Waals surface area contributed by atoms with E-state index in [-0.39, 0.29) is 17.2 Å². The predicted octanol–water partition coefficient (Wildman–Crippen LogP) is 3.54. The molecule has 0 bridgehead atoms. The molecule has 0 N–H and O–H groups in total. The summed E-state index contributed by atoms with van der Waals surface area (Å²) >= 11 is 0. The number of nitrogens with zero attached hydrogens (tertiary/aromatic N) is 1. The first kappa shape index (κ1) is 13.0. The van der Waals surface area contributed by atoms with Gasteiger partial charge in [-0.25, -0.2) is 0 Å². The molecular weight excluding hydrogens is 222 g/mol. The predicted molar refractivity (Wildman–Crippen MR) is 73.8 cm³/mol. The molecule has 1 aromatic heterocycles. The van der Waals surface area contributed by atoms with Gasteiger partial charge in [0.25, 0.3) is 0 Å². The van der Waals surface area contributed by atoms with Gasteiger partial charge in [-0.05, 0) is 31.2 Å². The topological polar surface area (TPSA) is 22.0 Å². The lowest BCUT2D eigenvalue weighted by molar-refractivity contribution is 0.0909. The SMILES string of the molecule is C#CC(CC)n1c(C)cc2c1CC(C)(C)CC2=O. The zero-order valence-corrected chi connectivity index (χ0v) is 11.7. The molecule has 0 amide bonds. The van der Waals surface area contributed by atoms with E-state index in [9.17, 15) is 4.79 Å². The summed E-state index contributed by atoms with van der Waals surface area (Å²) in [4.78, 5) is 12.2. The number of rotatable bonds is 2. The highest BCUT2D eigenvalue weighted by Gasteiger charge is 2.34. The first-order chi connectivity index (χ1) is 8.39. The summed E-state index contributed by atoms with van der Waals surface area (Å²) in [6.07, 6.45) is 8.08. The third kappa shape index (κ3) is 1.99. The molecule has 1 aliphatic rings. The monoisotopic (exact) mass is 243 g/mol. The smallest absolute Gasteiger partial charge is 0.165 e. The van der Waals surface area contributed by atoms with E-state index in [1.807, 2.05) is 13.0 Å². The summed E-state index contributed by atoms with van der Waals surface area (Å²) in [7, 11) is 0. The Bertz CT molecular complexity index is 528. The first-order valence-corrected chi connectivity index (χ1v) is 6.59. The number of aromatic nitrogens is 1. The van der Waals surface area contributed by atoms with Crippen LogP contribution in [0.3, 0.4) is 0 Å². The lowest BCUT2D eigenvalue weighted by Gasteiger charge is -2.31. The van der Waals surface area contributed by atoms with Gasteiger partial charge in [0.1, 0.15) is 0 Å². The van der Waals surface area contributed by atoms with Gasteiger partial charge < -0.3 is 4.57 Å². The van der Waals surface area contributed by atoms with E-state index in [0.717, 1.165) is 29.8 Å². The molecule has 0 spiro atoms. The summed E-state index contributed by atoms with van der Waals surface area (Å²) in [6.45, 7) is 8.43. The van der Waals surface area contributed by atoms with Crippen molar-refractivity contribution in [2.45, 2.75) is 53.0 Å². The normalized spacial score (nSPS) is 19.2. The maximum absolute atomic E-state index is 12.2. The average Bonchev–Trinajstić information content (AvgIpc) is 2.58. The van der Waals surface area contributed by atoms with Crippen molar-refractivity contribution < 1.29 is 4.79 Å². The number of aryl methyl sites for hydroxylation is 1. The highest BCUT2D eigenvalue weighted by Crippen LogP contribution is 2.37. The van der Waals surface area contributed by atoms with Gasteiger partial charge in [0.05, 0.1) is 6.04 Å². The Morgan fingerprint density at radius 1 is 1.50 bits per heavy atom. The second-order valence-electron chi connectivity index (χ2n) is 6.05. The fourth-order valence-corrected chi connectivity index (χ4v) is 2.98. The van der Waals surface area contributed by atoms with Crippen molar-refractivity contribution in [2.24, 2.45) is 5.41 Å². The number of hydrogen-bond acceptors (Lipinski definition) is 1. The van der Waals surface area contributed by atoms with Crippen molar-refractivity contribution in [1.82, 2.24) is 4.57 Å². The number of ketones is 1. The minimum Gasteiger partial charge on any atom is -0.334 e. The van der Waals surface area contributed by atoms with Crippen LogP contribution in [0, 0.1) is 24.7 Å². The van der Waals surface area contributed by atoms with Crippen molar-refractivity contribution >= 4 is 5.78 Å². The van der Waals surface area contributed by atoms with E-state index in [4.69, 9.17) is 6.42 Å². The van der Waals surface area contributed by atoms with Crippen molar-refractivity contribution in [3.8, 4) is 12.3 Å². The number of carbonyl (C=O) groups is 1. The van der Waals surface area contributed by atoms with Crippen molar-refractivity contribution in [1.29, 1.82) is 0 Å². The molecule has 1 unspecified atom stereocenters. The Labute approximate surface area is 109 Å². The fourth-order valence-electron chi connectivity index (χ4n) is 2.98. The summed E-state index contributed by atoms with van der Waals surface area (Å²) in [6, 6.07) is 2.07. The summed E-state index contributed by atoms with van der Waals surface area (Å²) in [5.41, 5.74) is 3.18. The molecular formula is C16H21NO. The van der Waals surface area contributed by atoms with Crippen molar-refractivity contribution in [3.63, 3.8) is 0 Å². The van der Waals surface area contributed by atoms with Crippen LogP contribution in [0.15, 0.2) is 6.07 Å². The molecule has 2 nitrogen and oxygen atoms in total. The van der Waals surface area contributed by atoms with E-state index < -0.39 is 0 Å². The first-order valence-electron chi connectivity index (χ1n) is 6.59. The minimum absolute atomic E-state index is 0.0412. The van der Waals surface area contributed by atoms with Gasteiger partial charge >= 0.3 is 0 Å². The number of hydrogen-bond donors (Lipinski definition) is 0. The zero-order chi connectivity index (χ0) is 13.5. The maximum atomic E-state index is 12.2. The molecule has 2 heteroatoms. The molecule has 0 fully saturated rings. The highest BCUT2D eigenvalue weighted by molar-refractivity contribution is 5.99. The third-order valence-corrected chi connectivity index (χ3v) is 3.81. The van der Waals surface area contributed by atoms with E-state index in [1.165, 1.54) is 0 Å². The zero-order valence-electron chi connectivity index (χ0n) is 11.7. The van der Waals surface area contributed by atoms with Crippen LogP contribution < -0.4 is 0 Å². The van der Waals surface area contributed by atoms with Crippen LogP contribution in [-0.2, 0) is 6.42 Å². The van der Waals surface area contributed by atoms with Gasteiger partial charge in [0.2, 0.25) is 0 Å². The van der Waals surface area contributed by atoms with Crippen molar-refractivity contribution in [3.05, 3.63) is 23.0 Å². The molecule has 0 aliphatic heterocycles. The number of carbonyl (C=O) groups excluding carboxylic acids is 1. The van der Waals surface area contributed by atoms with E-state index in [0.29, 0.717) is 6.42 Å². The molecule has 1 heterocycles. The summed E-state index contributed by atoms with van der Waals surface area (Å²) < 4.78 is 2.19. The molecule has 0 radical (unpaired) electrons. The molecule has 0 saturated carbocycles. The standard InChI is InChI=1S/C16H21NO/c1-6-12(7-2)17-11(3)8-13-14(17)9-16(4,5)10-15(13)18/h1,8,12H,7,9-10H2,2-5H3. The molecule has 0 saturated heterocycles. The van der Waals surface area contributed by atoms with Gasteiger partial charge in [0, 0.05) is 23.4 Å². The van der Waals surface area contributed by atoms with E-state index >= 15 is 0 Å². The van der Waals surface area contributed by atoms with Gasteiger partial charge in [-0.15, -0.1) is 6.42 Å². The van der Waals surface area contributed by atoms with Gasteiger partial charge in [-0.2, -0.15) is 0 Å². The average molecular weight is 243 g/mol. The molecule has 1 aromatic rings. The van der Waals surface area contributed by atoms with Crippen LogP contribution in [0.5, 0.6) is 0 Å². The third-order valence-electron chi connectivity index (χ3n) is 3.81. The van der Waals surface area contributed by atoms with Crippen LogP contribution in [0.2, 0.25) is 0 Å².